The topological polar surface area (TPSA) is 46.5 Å². The van der Waals surface area contributed by atoms with Crippen molar-refractivity contribution in [2.75, 3.05) is 6.61 Å². The third-order valence-corrected chi connectivity index (χ3v) is 6.11. The van der Waals surface area contributed by atoms with E-state index in [-0.39, 0.29) is 11.7 Å². The van der Waals surface area contributed by atoms with E-state index in [1.54, 1.807) is 0 Å². The summed E-state index contributed by atoms with van der Waals surface area (Å²) >= 11 is 0. The molecule has 0 saturated carbocycles. The van der Waals surface area contributed by atoms with Crippen LogP contribution in [0, 0.1) is 0 Å². The molecular formula is C30H46O3. The number of hydrogen-bond acceptors (Lipinski definition) is 2. The first kappa shape index (κ1) is 28.9. The number of carboxylic acid groups (broad SMARTS) is 1. The maximum atomic E-state index is 11.0. The Morgan fingerprint density at radius 1 is 0.879 bits per heavy atom. The Hall–Kier alpha value is -2.13. The molecule has 0 aromatic rings. The molecular weight excluding hydrogens is 408 g/mol. The molecule has 33 heavy (non-hydrogen) atoms. The fourth-order valence-corrected chi connectivity index (χ4v) is 3.86. The minimum atomic E-state index is -0.962. The fraction of sp³-hybridized carbons (Fsp3) is 0.567. The molecule has 1 aliphatic heterocycles. The largest absolute Gasteiger partial charge is 0.478 e. The number of carboxylic acids is 1. The van der Waals surface area contributed by atoms with Gasteiger partial charge in [-0.05, 0) is 104 Å². The van der Waals surface area contributed by atoms with Crippen LogP contribution in [0.4, 0.5) is 0 Å². The van der Waals surface area contributed by atoms with Crippen molar-refractivity contribution in [3.8, 4) is 0 Å². The van der Waals surface area contributed by atoms with E-state index in [0.717, 1.165) is 51.4 Å². The van der Waals surface area contributed by atoms with Gasteiger partial charge in [0, 0.05) is 0 Å². The molecule has 0 radical (unpaired) electrons. The van der Waals surface area contributed by atoms with Crippen molar-refractivity contribution in [2.45, 2.75) is 105 Å². The van der Waals surface area contributed by atoms with Crippen molar-refractivity contribution < 1.29 is 14.6 Å². The van der Waals surface area contributed by atoms with Gasteiger partial charge in [-0.3, -0.25) is 0 Å². The highest BCUT2D eigenvalue weighted by Gasteiger charge is 2.23. The van der Waals surface area contributed by atoms with Gasteiger partial charge in [-0.15, -0.1) is 0 Å². The van der Waals surface area contributed by atoms with Crippen LogP contribution in [-0.2, 0) is 9.53 Å². The Balaban J connectivity index is 2.23. The molecule has 1 aliphatic rings. The number of ether oxygens (including phenoxy) is 1. The van der Waals surface area contributed by atoms with Crippen molar-refractivity contribution >= 4 is 5.97 Å². The van der Waals surface area contributed by atoms with Gasteiger partial charge in [-0.1, -0.05) is 59.3 Å². The summed E-state index contributed by atoms with van der Waals surface area (Å²) in [6, 6.07) is 0. The summed E-state index contributed by atoms with van der Waals surface area (Å²) in [7, 11) is 0. The molecule has 0 aromatic carbocycles. The van der Waals surface area contributed by atoms with Crippen molar-refractivity contribution in [1.82, 2.24) is 0 Å². The molecule has 1 atom stereocenters. The molecule has 0 aliphatic carbocycles. The van der Waals surface area contributed by atoms with Crippen molar-refractivity contribution in [2.24, 2.45) is 0 Å². The predicted octanol–water partition coefficient (Wildman–Crippen LogP) is 8.66. The quantitative estimate of drug-likeness (QED) is 0.162. The smallest absolute Gasteiger partial charge is 0.333 e. The lowest BCUT2D eigenvalue weighted by Gasteiger charge is -2.24. The van der Waals surface area contributed by atoms with Crippen LogP contribution in [0.25, 0.3) is 0 Å². The van der Waals surface area contributed by atoms with E-state index in [4.69, 9.17) is 9.84 Å². The molecule has 0 spiro atoms. The summed E-state index contributed by atoms with van der Waals surface area (Å²) in [5, 5.41) is 9.01. The molecule has 0 bridgehead atoms. The first-order valence-electron chi connectivity index (χ1n) is 12.5. The highest BCUT2D eigenvalue weighted by atomic mass is 16.5. The van der Waals surface area contributed by atoms with E-state index < -0.39 is 5.97 Å². The molecule has 1 N–H and O–H groups in total. The maximum absolute atomic E-state index is 11.0. The fourth-order valence-electron chi connectivity index (χ4n) is 3.86. The lowest BCUT2D eigenvalue weighted by atomic mass is 9.98. The zero-order chi connectivity index (χ0) is 24.6. The van der Waals surface area contributed by atoms with Crippen LogP contribution in [0.1, 0.15) is 98.8 Å². The van der Waals surface area contributed by atoms with Gasteiger partial charge >= 0.3 is 5.97 Å². The van der Waals surface area contributed by atoms with Gasteiger partial charge < -0.3 is 9.84 Å². The number of carbonyl (C=O) groups is 1. The van der Waals surface area contributed by atoms with Gasteiger partial charge in [0.2, 0.25) is 0 Å². The average Bonchev–Trinajstić information content (AvgIpc) is 2.76. The number of rotatable bonds is 14. The van der Waals surface area contributed by atoms with Crippen molar-refractivity contribution in [1.29, 1.82) is 0 Å². The summed E-state index contributed by atoms with van der Waals surface area (Å²) in [4.78, 5) is 11.0. The minimum Gasteiger partial charge on any atom is -0.478 e. The first-order chi connectivity index (χ1) is 15.7. The van der Waals surface area contributed by atoms with Gasteiger partial charge in [0.25, 0.3) is 0 Å². The van der Waals surface area contributed by atoms with Crippen LogP contribution in [-0.4, -0.2) is 23.8 Å². The highest BCUT2D eigenvalue weighted by molar-refractivity contribution is 5.86. The SMILES string of the molecule is C=C(C(=O)O)[C@@H]1CC/C(=C\CC/C(C)=C/CC/C=C(\C)CC/C=C(\C)CCC=C(C)C)CO1. The normalized spacial score (nSPS) is 19.0. The zero-order valence-corrected chi connectivity index (χ0v) is 21.7. The molecule has 184 valence electrons. The Kier molecular flexibility index (Phi) is 14.4. The van der Waals surface area contributed by atoms with Crippen LogP contribution < -0.4 is 0 Å². The molecule has 0 aromatic heterocycles. The Morgan fingerprint density at radius 3 is 1.88 bits per heavy atom. The number of aliphatic carboxylic acids is 1. The summed E-state index contributed by atoms with van der Waals surface area (Å²) in [6.45, 7) is 15.2. The van der Waals surface area contributed by atoms with Gasteiger partial charge in [0.05, 0.1) is 18.3 Å². The van der Waals surface area contributed by atoms with Gasteiger partial charge in [0.15, 0.2) is 0 Å². The number of allylic oxidation sites excluding steroid dienone is 9. The second-order valence-electron chi connectivity index (χ2n) is 9.66. The number of hydrogen-bond donors (Lipinski definition) is 1. The van der Waals surface area contributed by atoms with Crippen LogP contribution in [0.15, 0.2) is 70.4 Å². The lowest BCUT2D eigenvalue weighted by molar-refractivity contribution is -0.134. The molecule has 1 rings (SSSR count). The molecule has 3 nitrogen and oxygen atoms in total. The van der Waals surface area contributed by atoms with E-state index in [2.05, 4.69) is 71.6 Å². The van der Waals surface area contributed by atoms with Crippen LogP contribution >= 0.6 is 0 Å². The summed E-state index contributed by atoms with van der Waals surface area (Å²) in [5.41, 5.74) is 7.26. The molecule has 0 amide bonds. The molecule has 1 saturated heterocycles. The predicted molar refractivity (Wildman–Crippen MR) is 141 cm³/mol. The summed E-state index contributed by atoms with van der Waals surface area (Å²) in [5.74, 6) is -0.962. The second kappa shape index (κ2) is 16.5. The van der Waals surface area contributed by atoms with Crippen LogP contribution in [0.5, 0.6) is 0 Å². The molecule has 1 fully saturated rings. The van der Waals surface area contributed by atoms with Gasteiger partial charge in [-0.25, -0.2) is 4.79 Å². The Morgan fingerprint density at radius 2 is 1.39 bits per heavy atom. The lowest BCUT2D eigenvalue weighted by Crippen LogP contribution is -2.26. The van der Waals surface area contributed by atoms with Crippen molar-refractivity contribution in [3.63, 3.8) is 0 Å². The third-order valence-electron chi connectivity index (χ3n) is 6.11. The van der Waals surface area contributed by atoms with E-state index in [1.807, 2.05) is 0 Å². The monoisotopic (exact) mass is 454 g/mol. The van der Waals surface area contributed by atoms with E-state index in [0.29, 0.717) is 13.0 Å². The van der Waals surface area contributed by atoms with E-state index in [1.165, 1.54) is 34.3 Å². The minimum absolute atomic E-state index is 0.166. The zero-order valence-electron chi connectivity index (χ0n) is 21.7. The highest BCUT2D eigenvalue weighted by Crippen LogP contribution is 2.23. The second-order valence-corrected chi connectivity index (χ2v) is 9.66. The van der Waals surface area contributed by atoms with Gasteiger partial charge in [-0.2, -0.15) is 0 Å². The Labute approximate surface area is 202 Å². The molecule has 3 heteroatoms. The number of unbranched alkanes of at least 4 members (excludes halogenated alkanes) is 1. The Bertz CT molecular complexity index is 775. The molecule has 1 heterocycles. The van der Waals surface area contributed by atoms with Gasteiger partial charge in [0.1, 0.15) is 0 Å². The van der Waals surface area contributed by atoms with E-state index >= 15 is 0 Å². The van der Waals surface area contributed by atoms with Crippen molar-refractivity contribution in [3.05, 3.63) is 70.4 Å². The maximum Gasteiger partial charge on any atom is 0.333 e. The van der Waals surface area contributed by atoms with E-state index in [9.17, 15) is 4.79 Å². The van der Waals surface area contributed by atoms with Crippen LogP contribution in [0.2, 0.25) is 0 Å². The average molecular weight is 455 g/mol. The standard InChI is InChI=1S/C30H46O3/c1-23(2)12-9-15-26(5)17-10-16-24(3)13-7-8-14-25(4)18-11-19-28-20-21-29(33-22-28)27(6)30(31)32/h12-14,17,19,29H,6-11,15-16,18,20-22H2,1-5H3,(H,31,32)/b24-13+,25-14+,26-17+,28-19+/t29-/m0/s1. The first-order valence-corrected chi connectivity index (χ1v) is 12.5. The summed E-state index contributed by atoms with van der Waals surface area (Å²) in [6.07, 6.45) is 21.9. The summed E-state index contributed by atoms with van der Waals surface area (Å²) < 4.78 is 5.66. The third kappa shape index (κ3) is 13.9. The van der Waals surface area contributed by atoms with Crippen LogP contribution in [0.3, 0.4) is 0 Å². The molecule has 0 unspecified atom stereocenters.